The Kier molecular flexibility index (Phi) is 4.02. The third kappa shape index (κ3) is 2.92. The summed E-state index contributed by atoms with van der Waals surface area (Å²) in [6.45, 7) is 2.60. The van der Waals surface area contributed by atoms with Crippen molar-refractivity contribution < 1.29 is 0 Å². The summed E-state index contributed by atoms with van der Waals surface area (Å²) in [4.78, 5) is 15.1. The normalized spacial score (nSPS) is 17.6. The van der Waals surface area contributed by atoms with Gasteiger partial charge in [-0.2, -0.15) is 0 Å². The van der Waals surface area contributed by atoms with Crippen LogP contribution in [-0.2, 0) is 13.0 Å². The molecule has 2 aromatic rings. The molecule has 120 valence electrons. The molecular formula is C19H20BN3O. The van der Waals surface area contributed by atoms with E-state index in [-0.39, 0.29) is 5.56 Å². The molecule has 1 N–H and O–H groups in total. The minimum atomic E-state index is 0.0487. The average Bonchev–Trinajstić information content (AvgIpc) is 2.93. The summed E-state index contributed by atoms with van der Waals surface area (Å²) in [6.07, 6.45) is 9.89. The highest BCUT2D eigenvalue weighted by molar-refractivity contribution is 6.32. The molecule has 0 amide bonds. The quantitative estimate of drug-likeness (QED) is 0.874. The van der Waals surface area contributed by atoms with Crippen molar-refractivity contribution in [1.29, 1.82) is 0 Å². The first-order valence-electron chi connectivity index (χ1n) is 8.47. The van der Waals surface area contributed by atoms with Crippen LogP contribution in [0.25, 0.3) is 5.69 Å². The van der Waals surface area contributed by atoms with Crippen molar-refractivity contribution in [3.05, 3.63) is 69.7 Å². The molecule has 5 heteroatoms. The van der Waals surface area contributed by atoms with Crippen molar-refractivity contribution in [3.63, 3.8) is 0 Å². The maximum absolute atomic E-state index is 12.8. The molecule has 0 saturated carbocycles. The monoisotopic (exact) mass is 317 g/mol. The van der Waals surface area contributed by atoms with Crippen LogP contribution in [0, 0.1) is 0 Å². The fourth-order valence-corrected chi connectivity index (χ4v) is 3.44. The van der Waals surface area contributed by atoms with Crippen LogP contribution in [0.1, 0.15) is 24.1 Å². The van der Waals surface area contributed by atoms with Gasteiger partial charge < -0.3 is 0 Å². The van der Waals surface area contributed by atoms with Crippen LogP contribution in [0.15, 0.2) is 52.9 Å². The summed E-state index contributed by atoms with van der Waals surface area (Å²) in [5.41, 5.74) is 4.88. The fraction of sp³-hybridized carbons (Fsp3) is 0.316. The van der Waals surface area contributed by atoms with E-state index in [1.807, 2.05) is 24.3 Å². The van der Waals surface area contributed by atoms with Crippen LogP contribution in [0.5, 0.6) is 0 Å². The summed E-state index contributed by atoms with van der Waals surface area (Å²) in [7, 11) is 5.73. The maximum Gasteiger partial charge on any atom is 0.275 e. The first kappa shape index (κ1) is 15.3. The van der Waals surface area contributed by atoms with Crippen molar-refractivity contribution in [3.8, 4) is 5.69 Å². The van der Waals surface area contributed by atoms with Gasteiger partial charge >= 0.3 is 0 Å². The molecule has 0 atom stereocenters. The van der Waals surface area contributed by atoms with Crippen LogP contribution >= 0.6 is 0 Å². The minimum Gasteiger partial charge on any atom is -0.295 e. The lowest BCUT2D eigenvalue weighted by molar-refractivity contribution is 0.275. The van der Waals surface area contributed by atoms with Gasteiger partial charge in [0.25, 0.3) is 5.56 Å². The fourth-order valence-electron chi connectivity index (χ4n) is 3.44. The number of allylic oxidation sites excluding steroid dienone is 2. The van der Waals surface area contributed by atoms with Gasteiger partial charge in [-0.1, -0.05) is 35.8 Å². The molecule has 2 heterocycles. The van der Waals surface area contributed by atoms with Crippen molar-refractivity contribution in [2.24, 2.45) is 0 Å². The molecule has 0 saturated heterocycles. The van der Waals surface area contributed by atoms with E-state index in [1.165, 1.54) is 5.57 Å². The van der Waals surface area contributed by atoms with E-state index < -0.39 is 0 Å². The highest BCUT2D eigenvalue weighted by atomic mass is 16.1. The predicted molar refractivity (Wildman–Crippen MR) is 97.2 cm³/mol. The molecule has 1 aliphatic heterocycles. The number of nitrogens with zero attached hydrogens (tertiary/aromatic N) is 2. The molecule has 2 radical (unpaired) electrons. The second-order valence-electron chi connectivity index (χ2n) is 6.52. The Hall–Kier alpha value is -2.27. The molecule has 4 rings (SSSR count). The Labute approximate surface area is 142 Å². The van der Waals surface area contributed by atoms with Crippen molar-refractivity contribution in [2.45, 2.75) is 25.8 Å². The lowest BCUT2D eigenvalue weighted by atomic mass is 9.96. The van der Waals surface area contributed by atoms with Gasteiger partial charge in [0.15, 0.2) is 0 Å². The lowest BCUT2D eigenvalue weighted by Crippen LogP contribution is -2.34. The standard InChI is InChI=1S/C19H20BN3O/c20-15-6-8-16(9-7-15)23-19(24)17-13-22(11-10-18(17)21-23)12-14-4-2-1-3-5-14/h2,4-9,21H,1,3,10-13H2. The van der Waals surface area contributed by atoms with Gasteiger partial charge in [-0.3, -0.25) is 14.8 Å². The highest BCUT2D eigenvalue weighted by Gasteiger charge is 2.23. The lowest BCUT2D eigenvalue weighted by Gasteiger charge is -2.26. The summed E-state index contributed by atoms with van der Waals surface area (Å²) in [6, 6.07) is 7.37. The smallest absolute Gasteiger partial charge is 0.275 e. The Morgan fingerprint density at radius 1 is 1.17 bits per heavy atom. The summed E-state index contributed by atoms with van der Waals surface area (Å²) in [5, 5.41) is 3.27. The zero-order valence-corrected chi connectivity index (χ0v) is 13.7. The maximum atomic E-state index is 12.8. The molecule has 4 nitrogen and oxygen atoms in total. The van der Waals surface area contributed by atoms with E-state index >= 15 is 0 Å². The Balaban J connectivity index is 1.58. The van der Waals surface area contributed by atoms with E-state index in [2.05, 4.69) is 28.2 Å². The number of aromatic nitrogens is 2. The topological polar surface area (TPSA) is 41.0 Å². The van der Waals surface area contributed by atoms with Crippen LogP contribution in [0.3, 0.4) is 0 Å². The van der Waals surface area contributed by atoms with Crippen molar-refractivity contribution in [1.82, 2.24) is 14.7 Å². The van der Waals surface area contributed by atoms with Crippen molar-refractivity contribution >= 4 is 13.3 Å². The molecule has 1 aliphatic carbocycles. The number of rotatable bonds is 3. The van der Waals surface area contributed by atoms with Gasteiger partial charge in [-0.15, -0.1) is 0 Å². The highest BCUT2D eigenvalue weighted by Crippen LogP contribution is 2.18. The van der Waals surface area contributed by atoms with Crippen molar-refractivity contribution in [2.75, 3.05) is 13.1 Å². The summed E-state index contributed by atoms with van der Waals surface area (Å²) in [5.74, 6) is 0. The SMILES string of the molecule is [B]c1ccc(-n2[nH]c3c(c2=O)CN(CC2=CCCC=C2)CC3)cc1. The van der Waals surface area contributed by atoms with Gasteiger partial charge in [0.2, 0.25) is 0 Å². The number of fused-ring (bicyclic) bond motifs is 1. The molecule has 0 fully saturated rings. The molecule has 0 unspecified atom stereocenters. The van der Waals surface area contributed by atoms with Gasteiger partial charge in [0.05, 0.1) is 11.3 Å². The number of aromatic amines is 1. The van der Waals surface area contributed by atoms with Gasteiger partial charge in [-0.05, 0) is 30.5 Å². The molecule has 1 aromatic heterocycles. The molecule has 1 aromatic carbocycles. The van der Waals surface area contributed by atoms with Crippen LogP contribution in [0.4, 0.5) is 0 Å². The number of nitrogens with one attached hydrogen (secondary N) is 1. The zero-order valence-electron chi connectivity index (χ0n) is 13.7. The predicted octanol–water partition coefficient (Wildman–Crippen LogP) is 1.59. The molecule has 2 aliphatic rings. The molecule has 0 spiro atoms. The van der Waals surface area contributed by atoms with Gasteiger partial charge in [0, 0.05) is 31.7 Å². The zero-order chi connectivity index (χ0) is 16.5. The molecular weight excluding hydrogens is 297 g/mol. The Morgan fingerprint density at radius 3 is 2.75 bits per heavy atom. The Morgan fingerprint density at radius 2 is 2.00 bits per heavy atom. The van der Waals surface area contributed by atoms with Gasteiger partial charge in [0.1, 0.15) is 7.85 Å². The number of hydrogen-bond donors (Lipinski definition) is 1. The van der Waals surface area contributed by atoms with E-state index in [0.717, 1.165) is 49.3 Å². The first-order valence-corrected chi connectivity index (χ1v) is 8.47. The average molecular weight is 317 g/mol. The third-order valence-electron chi connectivity index (χ3n) is 4.76. The van der Waals surface area contributed by atoms with Crippen LogP contribution in [-0.4, -0.2) is 35.6 Å². The van der Waals surface area contributed by atoms with E-state index in [4.69, 9.17) is 7.85 Å². The molecule has 24 heavy (non-hydrogen) atoms. The Bertz CT molecular complexity index is 858. The minimum absolute atomic E-state index is 0.0487. The number of hydrogen-bond acceptors (Lipinski definition) is 2. The number of H-pyrrole nitrogens is 1. The van der Waals surface area contributed by atoms with E-state index in [0.29, 0.717) is 12.0 Å². The first-order chi connectivity index (χ1) is 11.7. The van der Waals surface area contributed by atoms with Crippen LogP contribution in [0.2, 0.25) is 0 Å². The van der Waals surface area contributed by atoms with Crippen LogP contribution < -0.4 is 11.0 Å². The molecule has 0 bridgehead atoms. The second-order valence-corrected chi connectivity index (χ2v) is 6.52. The van der Waals surface area contributed by atoms with E-state index in [1.54, 1.807) is 4.68 Å². The summed E-state index contributed by atoms with van der Waals surface area (Å²) >= 11 is 0. The summed E-state index contributed by atoms with van der Waals surface area (Å²) < 4.78 is 1.63. The number of benzene rings is 1. The van der Waals surface area contributed by atoms with E-state index in [9.17, 15) is 4.79 Å². The third-order valence-corrected chi connectivity index (χ3v) is 4.76. The second kappa shape index (κ2) is 6.32. The van der Waals surface area contributed by atoms with Gasteiger partial charge in [-0.25, -0.2) is 4.68 Å². The largest absolute Gasteiger partial charge is 0.295 e.